The van der Waals surface area contributed by atoms with Gasteiger partial charge in [-0.05, 0) is 36.4 Å². The van der Waals surface area contributed by atoms with Gasteiger partial charge in [0, 0.05) is 14.1 Å². The van der Waals surface area contributed by atoms with Crippen LogP contribution in [0.25, 0.3) is 0 Å². The fourth-order valence-corrected chi connectivity index (χ4v) is 3.06. The molecular formula is C16H17F2N3O3S. The average Bonchev–Trinajstić information content (AvgIpc) is 2.55. The van der Waals surface area contributed by atoms with Gasteiger partial charge in [-0.2, -0.15) is 12.7 Å². The predicted octanol–water partition coefficient (Wildman–Crippen LogP) is 2.22. The number of nitrogens with one attached hydrogen (secondary N) is 1. The first-order chi connectivity index (χ1) is 11.7. The lowest BCUT2D eigenvalue weighted by Crippen LogP contribution is -2.44. The normalized spacial score (nSPS) is 11.4. The SMILES string of the molecule is CN(C)S(=O)(=O)N(CC(=O)Nc1ccccc1F)c1ccc(F)cc1. The average molecular weight is 369 g/mol. The van der Waals surface area contributed by atoms with Crippen LogP contribution >= 0.6 is 0 Å². The molecule has 0 aliphatic carbocycles. The van der Waals surface area contributed by atoms with Crippen LogP contribution in [0.15, 0.2) is 48.5 Å². The van der Waals surface area contributed by atoms with Crippen LogP contribution in [0, 0.1) is 11.6 Å². The topological polar surface area (TPSA) is 69.7 Å². The first kappa shape index (κ1) is 18.8. The van der Waals surface area contributed by atoms with Gasteiger partial charge in [0.25, 0.3) is 0 Å². The summed E-state index contributed by atoms with van der Waals surface area (Å²) in [7, 11) is -1.40. The third-order valence-electron chi connectivity index (χ3n) is 3.29. The van der Waals surface area contributed by atoms with E-state index >= 15 is 0 Å². The number of halogens is 2. The molecule has 0 saturated carbocycles. The highest BCUT2D eigenvalue weighted by molar-refractivity contribution is 7.90. The van der Waals surface area contributed by atoms with Crippen molar-refractivity contribution in [2.75, 3.05) is 30.3 Å². The number of amides is 1. The minimum atomic E-state index is -4.01. The van der Waals surface area contributed by atoms with Gasteiger partial charge in [0.05, 0.1) is 11.4 Å². The molecule has 0 aromatic heterocycles. The highest BCUT2D eigenvalue weighted by Crippen LogP contribution is 2.20. The highest BCUT2D eigenvalue weighted by atomic mass is 32.2. The summed E-state index contributed by atoms with van der Waals surface area (Å²) in [5, 5.41) is 2.32. The van der Waals surface area contributed by atoms with Gasteiger partial charge < -0.3 is 5.32 Å². The molecule has 2 rings (SSSR count). The quantitative estimate of drug-likeness (QED) is 0.849. The van der Waals surface area contributed by atoms with Gasteiger partial charge in [-0.15, -0.1) is 0 Å². The Balaban J connectivity index is 2.29. The summed E-state index contributed by atoms with van der Waals surface area (Å²) in [6.45, 7) is -0.597. The van der Waals surface area contributed by atoms with Crippen LogP contribution in [0.3, 0.4) is 0 Å². The molecule has 6 nitrogen and oxygen atoms in total. The molecule has 0 bridgehead atoms. The summed E-state index contributed by atoms with van der Waals surface area (Å²) in [4.78, 5) is 12.2. The number of para-hydroxylation sites is 1. The van der Waals surface area contributed by atoms with Crippen LogP contribution in [0.5, 0.6) is 0 Å². The molecule has 25 heavy (non-hydrogen) atoms. The van der Waals surface area contributed by atoms with E-state index in [1.807, 2.05) is 0 Å². The predicted molar refractivity (Wildman–Crippen MR) is 91.4 cm³/mol. The number of nitrogens with zero attached hydrogens (tertiary/aromatic N) is 2. The summed E-state index contributed by atoms with van der Waals surface area (Å²) in [5.74, 6) is -1.92. The molecule has 0 heterocycles. The van der Waals surface area contributed by atoms with Gasteiger partial charge in [-0.3, -0.25) is 4.79 Å². The molecule has 9 heteroatoms. The Kier molecular flexibility index (Phi) is 5.70. The summed E-state index contributed by atoms with van der Waals surface area (Å²) in [5.41, 5.74) is 0.0487. The highest BCUT2D eigenvalue weighted by Gasteiger charge is 2.27. The number of hydrogen-bond acceptors (Lipinski definition) is 3. The molecule has 0 aliphatic heterocycles. The summed E-state index contributed by atoms with van der Waals surface area (Å²) in [6.07, 6.45) is 0. The van der Waals surface area contributed by atoms with E-state index in [0.717, 1.165) is 20.7 Å². The molecule has 0 aliphatic rings. The molecule has 1 N–H and O–H groups in total. The molecule has 0 unspecified atom stereocenters. The molecule has 0 spiro atoms. The maximum absolute atomic E-state index is 13.6. The van der Waals surface area contributed by atoms with E-state index in [-0.39, 0.29) is 11.4 Å². The smallest absolute Gasteiger partial charge is 0.304 e. The zero-order chi connectivity index (χ0) is 18.6. The van der Waals surface area contributed by atoms with Crippen molar-refractivity contribution < 1.29 is 22.0 Å². The molecule has 1 amide bonds. The van der Waals surface area contributed by atoms with Crippen molar-refractivity contribution in [2.24, 2.45) is 0 Å². The Morgan fingerprint density at radius 1 is 1.04 bits per heavy atom. The van der Waals surface area contributed by atoms with Crippen LogP contribution < -0.4 is 9.62 Å². The van der Waals surface area contributed by atoms with Crippen LogP contribution in [0.4, 0.5) is 20.2 Å². The number of carbonyl (C=O) groups is 1. The number of anilines is 2. The Bertz CT molecular complexity index is 855. The Hall–Kier alpha value is -2.52. The molecule has 2 aromatic rings. The van der Waals surface area contributed by atoms with Crippen molar-refractivity contribution in [3.8, 4) is 0 Å². The summed E-state index contributed by atoms with van der Waals surface area (Å²) < 4.78 is 53.4. The Morgan fingerprint density at radius 2 is 1.64 bits per heavy atom. The zero-order valence-corrected chi connectivity index (χ0v) is 14.4. The van der Waals surface area contributed by atoms with Gasteiger partial charge in [0.1, 0.15) is 18.2 Å². The standard InChI is InChI=1S/C16H17F2N3O3S/c1-20(2)25(23,24)21(13-9-7-12(17)8-10-13)11-16(22)19-15-6-4-3-5-14(15)18/h3-10H,11H2,1-2H3,(H,19,22). The van der Waals surface area contributed by atoms with E-state index in [0.29, 0.717) is 0 Å². The summed E-state index contributed by atoms with van der Waals surface area (Å²) >= 11 is 0. The number of hydrogen-bond donors (Lipinski definition) is 1. The molecule has 0 atom stereocenters. The first-order valence-electron chi connectivity index (χ1n) is 7.22. The second-order valence-corrected chi connectivity index (χ2v) is 7.37. The maximum atomic E-state index is 13.6. The fraction of sp³-hybridized carbons (Fsp3) is 0.188. The van der Waals surface area contributed by atoms with Gasteiger partial charge in [0.2, 0.25) is 5.91 Å². The van der Waals surface area contributed by atoms with Crippen molar-refractivity contribution in [1.29, 1.82) is 0 Å². The van der Waals surface area contributed by atoms with E-state index in [9.17, 15) is 22.0 Å². The van der Waals surface area contributed by atoms with Gasteiger partial charge in [-0.25, -0.2) is 13.1 Å². The lowest BCUT2D eigenvalue weighted by molar-refractivity contribution is -0.114. The van der Waals surface area contributed by atoms with E-state index in [4.69, 9.17) is 0 Å². The lowest BCUT2D eigenvalue weighted by atomic mass is 10.3. The molecule has 2 aromatic carbocycles. The second kappa shape index (κ2) is 7.58. The van der Waals surface area contributed by atoms with Crippen molar-refractivity contribution >= 4 is 27.5 Å². The minimum Gasteiger partial charge on any atom is -0.322 e. The summed E-state index contributed by atoms with van der Waals surface area (Å²) in [6, 6.07) is 10.2. The largest absolute Gasteiger partial charge is 0.322 e. The van der Waals surface area contributed by atoms with E-state index in [1.165, 1.54) is 50.5 Å². The minimum absolute atomic E-state index is 0.0613. The van der Waals surface area contributed by atoms with Crippen molar-refractivity contribution in [3.63, 3.8) is 0 Å². The van der Waals surface area contributed by atoms with Gasteiger partial charge in [-0.1, -0.05) is 12.1 Å². The van der Waals surface area contributed by atoms with Crippen molar-refractivity contribution in [1.82, 2.24) is 4.31 Å². The van der Waals surface area contributed by atoms with Crippen LogP contribution in [-0.4, -0.2) is 39.3 Å². The van der Waals surface area contributed by atoms with E-state index in [2.05, 4.69) is 5.32 Å². The number of benzene rings is 2. The van der Waals surface area contributed by atoms with Gasteiger partial charge in [0.15, 0.2) is 0 Å². The molecule has 0 fully saturated rings. The molecule has 0 radical (unpaired) electrons. The molecule has 134 valence electrons. The molecular weight excluding hydrogens is 352 g/mol. The van der Waals surface area contributed by atoms with Crippen molar-refractivity contribution in [3.05, 3.63) is 60.2 Å². The number of carbonyl (C=O) groups excluding carboxylic acids is 1. The monoisotopic (exact) mass is 369 g/mol. The Labute approximate surface area is 144 Å². The lowest BCUT2D eigenvalue weighted by Gasteiger charge is -2.26. The third kappa shape index (κ3) is 4.52. The zero-order valence-electron chi connectivity index (χ0n) is 13.6. The molecule has 0 saturated heterocycles. The van der Waals surface area contributed by atoms with Crippen molar-refractivity contribution in [2.45, 2.75) is 0 Å². The maximum Gasteiger partial charge on any atom is 0.304 e. The van der Waals surface area contributed by atoms with Crippen LogP contribution in [0.1, 0.15) is 0 Å². The van der Waals surface area contributed by atoms with Crippen LogP contribution in [-0.2, 0) is 15.0 Å². The second-order valence-electron chi connectivity index (χ2n) is 5.30. The van der Waals surface area contributed by atoms with E-state index in [1.54, 1.807) is 0 Å². The van der Waals surface area contributed by atoms with Crippen LogP contribution in [0.2, 0.25) is 0 Å². The van der Waals surface area contributed by atoms with E-state index < -0.39 is 34.3 Å². The number of rotatable bonds is 6. The third-order valence-corrected chi connectivity index (χ3v) is 5.11. The van der Waals surface area contributed by atoms with Gasteiger partial charge >= 0.3 is 10.2 Å². The fourth-order valence-electron chi connectivity index (χ4n) is 1.99. The first-order valence-corrected chi connectivity index (χ1v) is 8.61. The Morgan fingerprint density at radius 3 is 2.20 bits per heavy atom.